The van der Waals surface area contributed by atoms with Gasteiger partial charge in [-0.2, -0.15) is 0 Å². The summed E-state index contributed by atoms with van der Waals surface area (Å²) in [5, 5.41) is 2.55. The molecule has 0 aromatic rings. The maximum atomic E-state index is 11.9. The van der Waals surface area contributed by atoms with Gasteiger partial charge >= 0.3 is 5.97 Å². The van der Waals surface area contributed by atoms with Crippen LogP contribution in [0.3, 0.4) is 0 Å². The van der Waals surface area contributed by atoms with Crippen LogP contribution < -0.4 is 5.32 Å². The van der Waals surface area contributed by atoms with Crippen LogP contribution in [-0.2, 0) is 23.9 Å². The maximum Gasteiger partial charge on any atom is 0.328 e. The number of hydrogen-bond acceptors (Lipinski definition) is 5. The predicted molar refractivity (Wildman–Crippen MR) is 103 cm³/mol. The first-order valence-electron chi connectivity index (χ1n) is 10.1. The molecule has 27 heavy (non-hydrogen) atoms. The second-order valence-electron chi connectivity index (χ2n) is 7.24. The largest absolute Gasteiger partial charge is 0.460 e. The predicted octanol–water partition coefficient (Wildman–Crippen LogP) is 3.42. The SMILES string of the molecule is CCCCCCCCCC(=O)C(=O)CC=C(C)COC(=O)[C@@H]1CCC(=O)N1. The van der Waals surface area contributed by atoms with Crippen LogP contribution >= 0.6 is 0 Å². The molecule has 152 valence electrons. The van der Waals surface area contributed by atoms with Gasteiger partial charge in [0.05, 0.1) is 0 Å². The van der Waals surface area contributed by atoms with Gasteiger partial charge in [0.2, 0.25) is 11.7 Å². The summed E-state index contributed by atoms with van der Waals surface area (Å²) in [5.74, 6) is -1.32. The second-order valence-corrected chi connectivity index (χ2v) is 7.24. The van der Waals surface area contributed by atoms with Crippen molar-refractivity contribution < 1.29 is 23.9 Å². The van der Waals surface area contributed by atoms with Crippen molar-refractivity contribution in [2.75, 3.05) is 6.61 Å². The van der Waals surface area contributed by atoms with E-state index in [9.17, 15) is 19.2 Å². The number of carbonyl (C=O) groups excluding carboxylic acids is 4. The van der Waals surface area contributed by atoms with Crippen LogP contribution in [-0.4, -0.2) is 36.1 Å². The van der Waals surface area contributed by atoms with Crippen LogP contribution in [0, 0.1) is 0 Å². The highest BCUT2D eigenvalue weighted by Gasteiger charge is 2.28. The quantitative estimate of drug-likeness (QED) is 0.216. The monoisotopic (exact) mass is 379 g/mol. The Labute approximate surface area is 162 Å². The van der Waals surface area contributed by atoms with Crippen molar-refractivity contribution in [2.45, 2.75) is 90.5 Å². The number of carbonyl (C=O) groups is 4. The number of nitrogens with one attached hydrogen (secondary N) is 1. The van der Waals surface area contributed by atoms with E-state index in [1.54, 1.807) is 13.0 Å². The summed E-state index contributed by atoms with van der Waals surface area (Å²) >= 11 is 0. The molecule has 6 heteroatoms. The summed E-state index contributed by atoms with van der Waals surface area (Å²) in [6, 6.07) is -0.574. The number of ether oxygens (including phenoxy) is 1. The van der Waals surface area contributed by atoms with Crippen LogP contribution in [0.2, 0.25) is 0 Å². The Hall–Kier alpha value is -1.98. The molecule has 1 N–H and O–H groups in total. The lowest BCUT2D eigenvalue weighted by molar-refractivity contribution is -0.145. The van der Waals surface area contributed by atoms with Crippen molar-refractivity contribution in [3.63, 3.8) is 0 Å². The lowest BCUT2D eigenvalue weighted by Gasteiger charge is -2.10. The van der Waals surface area contributed by atoms with E-state index >= 15 is 0 Å². The Kier molecular flexibility index (Phi) is 11.3. The van der Waals surface area contributed by atoms with Gasteiger partial charge in [-0.25, -0.2) is 4.79 Å². The fourth-order valence-corrected chi connectivity index (χ4v) is 2.90. The van der Waals surface area contributed by atoms with Gasteiger partial charge in [-0.15, -0.1) is 0 Å². The lowest BCUT2D eigenvalue weighted by atomic mass is 10.0. The molecular formula is C21H33NO5. The molecule has 0 aromatic heterocycles. The zero-order valence-corrected chi connectivity index (χ0v) is 16.7. The zero-order chi connectivity index (χ0) is 20.1. The first-order valence-corrected chi connectivity index (χ1v) is 10.1. The topological polar surface area (TPSA) is 89.5 Å². The molecule has 1 aliphatic rings. The Morgan fingerprint density at radius 2 is 1.74 bits per heavy atom. The molecule has 1 atom stereocenters. The minimum absolute atomic E-state index is 0.0406. The number of esters is 1. The molecule has 0 spiro atoms. The Morgan fingerprint density at radius 1 is 1.07 bits per heavy atom. The van der Waals surface area contributed by atoms with E-state index in [1.807, 2.05) is 0 Å². The highest BCUT2D eigenvalue weighted by Crippen LogP contribution is 2.10. The van der Waals surface area contributed by atoms with Crippen molar-refractivity contribution in [3.05, 3.63) is 11.6 Å². The van der Waals surface area contributed by atoms with Gasteiger partial charge in [-0.05, 0) is 25.3 Å². The summed E-state index contributed by atoms with van der Waals surface area (Å²) < 4.78 is 5.13. The molecule has 1 amide bonds. The molecule has 0 unspecified atom stereocenters. The van der Waals surface area contributed by atoms with E-state index < -0.39 is 17.8 Å². The van der Waals surface area contributed by atoms with Crippen LogP contribution in [0.15, 0.2) is 11.6 Å². The second kappa shape index (κ2) is 13.2. The van der Waals surface area contributed by atoms with Crippen molar-refractivity contribution in [2.24, 2.45) is 0 Å². The molecule has 1 rings (SSSR count). The number of unbranched alkanes of at least 4 members (excludes halogenated alkanes) is 6. The van der Waals surface area contributed by atoms with E-state index in [-0.39, 0.29) is 24.7 Å². The van der Waals surface area contributed by atoms with Gasteiger partial charge < -0.3 is 10.1 Å². The van der Waals surface area contributed by atoms with E-state index in [4.69, 9.17) is 4.74 Å². The normalized spacial score (nSPS) is 16.9. The number of ketones is 2. The molecule has 0 aromatic carbocycles. The minimum atomic E-state index is -0.574. The molecular weight excluding hydrogens is 346 g/mol. The highest BCUT2D eigenvalue weighted by molar-refractivity contribution is 6.37. The Morgan fingerprint density at radius 3 is 2.37 bits per heavy atom. The van der Waals surface area contributed by atoms with Gasteiger partial charge in [0.1, 0.15) is 12.6 Å². The third-order valence-corrected chi connectivity index (χ3v) is 4.68. The summed E-state index contributed by atoms with van der Waals surface area (Å²) in [6.07, 6.45) is 10.6. The average Bonchev–Trinajstić information content (AvgIpc) is 3.09. The molecule has 0 bridgehead atoms. The highest BCUT2D eigenvalue weighted by atomic mass is 16.5. The number of amides is 1. The van der Waals surface area contributed by atoms with Crippen molar-refractivity contribution in [3.8, 4) is 0 Å². The van der Waals surface area contributed by atoms with E-state index in [0.29, 0.717) is 24.8 Å². The van der Waals surface area contributed by atoms with Crippen molar-refractivity contribution in [1.29, 1.82) is 0 Å². The molecule has 0 aliphatic carbocycles. The molecule has 1 fully saturated rings. The van der Waals surface area contributed by atoms with Crippen LogP contribution in [0.4, 0.5) is 0 Å². The lowest BCUT2D eigenvalue weighted by Crippen LogP contribution is -2.34. The molecule has 1 aliphatic heterocycles. The number of allylic oxidation sites excluding steroid dienone is 1. The van der Waals surface area contributed by atoms with Crippen molar-refractivity contribution >= 4 is 23.4 Å². The Balaban J connectivity index is 2.16. The van der Waals surface area contributed by atoms with Gasteiger partial charge in [0.15, 0.2) is 5.78 Å². The number of Topliss-reactive ketones (excluding diaryl/α,β-unsaturated/α-hetero) is 2. The number of hydrogen-bond donors (Lipinski definition) is 1. The van der Waals surface area contributed by atoms with Gasteiger partial charge in [-0.1, -0.05) is 51.5 Å². The number of rotatable bonds is 14. The molecule has 6 nitrogen and oxygen atoms in total. The fourth-order valence-electron chi connectivity index (χ4n) is 2.90. The van der Waals surface area contributed by atoms with Crippen molar-refractivity contribution in [1.82, 2.24) is 5.32 Å². The summed E-state index contributed by atoms with van der Waals surface area (Å²) in [7, 11) is 0. The minimum Gasteiger partial charge on any atom is -0.460 e. The Bertz CT molecular complexity index is 553. The smallest absolute Gasteiger partial charge is 0.328 e. The molecule has 0 radical (unpaired) electrons. The average molecular weight is 379 g/mol. The van der Waals surface area contributed by atoms with Gasteiger partial charge in [0, 0.05) is 19.3 Å². The summed E-state index contributed by atoms with van der Waals surface area (Å²) in [4.78, 5) is 46.6. The molecule has 1 saturated heterocycles. The first kappa shape index (κ1) is 23.1. The van der Waals surface area contributed by atoms with Crippen LogP contribution in [0.25, 0.3) is 0 Å². The zero-order valence-electron chi connectivity index (χ0n) is 16.7. The summed E-state index contributed by atoms with van der Waals surface area (Å²) in [6.45, 7) is 3.98. The third kappa shape index (κ3) is 10.1. The van der Waals surface area contributed by atoms with E-state index in [0.717, 1.165) is 19.3 Å². The fraction of sp³-hybridized carbons (Fsp3) is 0.714. The molecule has 0 saturated carbocycles. The van der Waals surface area contributed by atoms with Gasteiger partial charge in [-0.3, -0.25) is 14.4 Å². The maximum absolute atomic E-state index is 11.9. The van der Waals surface area contributed by atoms with Gasteiger partial charge in [0.25, 0.3) is 0 Å². The van der Waals surface area contributed by atoms with Crippen LogP contribution in [0.5, 0.6) is 0 Å². The standard InChI is InChI=1S/C21H33NO5/c1-3-4-5-6-7-8-9-10-18(23)19(24)13-11-16(2)15-27-21(26)17-12-14-20(25)22-17/h11,17H,3-10,12-15H2,1-2H3,(H,22,25)/t17-/m0/s1. The third-order valence-electron chi connectivity index (χ3n) is 4.68. The summed E-state index contributed by atoms with van der Waals surface area (Å²) in [5.41, 5.74) is 0.713. The van der Waals surface area contributed by atoms with E-state index in [2.05, 4.69) is 12.2 Å². The van der Waals surface area contributed by atoms with Crippen LogP contribution in [0.1, 0.15) is 84.5 Å². The first-order chi connectivity index (χ1) is 12.9. The molecule has 1 heterocycles. The van der Waals surface area contributed by atoms with E-state index in [1.165, 1.54) is 25.7 Å².